The molecule has 0 aliphatic rings. The number of nitrogen functional groups attached to an aromatic ring is 1. The summed E-state index contributed by atoms with van der Waals surface area (Å²) in [6, 6.07) is 12.0. The van der Waals surface area contributed by atoms with Crippen LogP contribution in [0.3, 0.4) is 0 Å². The van der Waals surface area contributed by atoms with Gasteiger partial charge in [0.15, 0.2) is 11.5 Å². The number of carbonyl (C=O) groups excluding carboxylic acids is 1. The molecular weight excluding hydrogens is 230 g/mol. The topological polar surface area (TPSA) is 61.5 Å². The van der Waals surface area contributed by atoms with Crippen LogP contribution in [0.25, 0.3) is 0 Å². The third-order valence-corrected chi connectivity index (χ3v) is 2.43. The van der Waals surface area contributed by atoms with Crippen LogP contribution in [0.2, 0.25) is 0 Å². The van der Waals surface area contributed by atoms with Crippen LogP contribution in [-0.4, -0.2) is 13.4 Å². The number of carbonyl (C=O) groups is 1. The van der Waals surface area contributed by atoms with Crippen LogP contribution in [0.5, 0.6) is 17.2 Å². The quantitative estimate of drug-likeness (QED) is 0.662. The van der Waals surface area contributed by atoms with E-state index in [4.69, 9.17) is 15.2 Å². The van der Waals surface area contributed by atoms with Gasteiger partial charge in [0.2, 0.25) is 0 Å². The van der Waals surface area contributed by atoms with E-state index in [1.54, 1.807) is 42.5 Å². The van der Waals surface area contributed by atoms with Crippen LogP contribution >= 0.6 is 0 Å². The van der Waals surface area contributed by atoms with E-state index in [0.717, 1.165) is 6.29 Å². The fraction of sp³-hybridized carbons (Fsp3) is 0.0714. The van der Waals surface area contributed by atoms with Crippen LogP contribution in [-0.2, 0) is 0 Å². The lowest BCUT2D eigenvalue weighted by Gasteiger charge is -2.10. The van der Waals surface area contributed by atoms with Crippen molar-refractivity contribution in [1.29, 1.82) is 0 Å². The minimum Gasteiger partial charge on any atom is -0.493 e. The zero-order valence-electron chi connectivity index (χ0n) is 9.92. The average molecular weight is 243 g/mol. The smallest absolute Gasteiger partial charge is 0.169 e. The number of nitrogens with two attached hydrogens (primary N) is 1. The molecule has 2 N–H and O–H groups in total. The maximum atomic E-state index is 10.7. The van der Waals surface area contributed by atoms with E-state index in [2.05, 4.69) is 0 Å². The molecule has 18 heavy (non-hydrogen) atoms. The Kier molecular flexibility index (Phi) is 3.48. The molecule has 0 aliphatic carbocycles. The van der Waals surface area contributed by atoms with Crippen LogP contribution in [0.4, 0.5) is 5.69 Å². The lowest BCUT2D eigenvalue weighted by molar-refractivity contribution is 0.112. The maximum Gasteiger partial charge on any atom is 0.169 e. The average Bonchev–Trinajstić information content (AvgIpc) is 2.41. The number of ether oxygens (including phenoxy) is 2. The van der Waals surface area contributed by atoms with Crippen LogP contribution in [0.1, 0.15) is 10.4 Å². The molecule has 0 bridgehead atoms. The van der Waals surface area contributed by atoms with E-state index in [1.165, 1.54) is 7.11 Å². The molecule has 0 aromatic heterocycles. The lowest BCUT2D eigenvalue weighted by Crippen LogP contribution is -1.92. The Morgan fingerprint density at radius 2 is 1.78 bits per heavy atom. The van der Waals surface area contributed by atoms with E-state index in [1.807, 2.05) is 0 Å². The summed E-state index contributed by atoms with van der Waals surface area (Å²) in [6.07, 6.45) is 0.759. The molecule has 2 aromatic carbocycles. The molecule has 0 heterocycles. The van der Waals surface area contributed by atoms with Crippen molar-refractivity contribution >= 4 is 12.0 Å². The summed E-state index contributed by atoms with van der Waals surface area (Å²) in [7, 11) is 1.53. The summed E-state index contributed by atoms with van der Waals surface area (Å²) in [5.74, 6) is 1.71. The molecule has 2 aromatic rings. The number of aldehydes is 1. The zero-order chi connectivity index (χ0) is 13.0. The summed E-state index contributed by atoms with van der Waals surface area (Å²) in [4.78, 5) is 10.7. The number of rotatable bonds is 4. The molecule has 2 rings (SSSR count). The van der Waals surface area contributed by atoms with Crippen molar-refractivity contribution in [2.75, 3.05) is 12.8 Å². The molecule has 92 valence electrons. The van der Waals surface area contributed by atoms with Gasteiger partial charge < -0.3 is 15.2 Å². The Bertz CT molecular complexity index is 549. The number of hydrogen-bond donors (Lipinski definition) is 1. The minimum atomic E-state index is 0.511. The van der Waals surface area contributed by atoms with E-state index in [9.17, 15) is 4.79 Å². The number of hydrogen-bond acceptors (Lipinski definition) is 4. The molecule has 0 spiro atoms. The van der Waals surface area contributed by atoms with Gasteiger partial charge in [0.05, 0.1) is 7.11 Å². The van der Waals surface area contributed by atoms with Gasteiger partial charge in [-0.2, -0.15) is 0 Å². The van der Waals surface area contributed by atoms with Crippen molar-refractivity contribution in [2.45, 2.75) is 0 Å². The molecule has 4 nitrogen and oxygen atoms in total. The highest BCUT2D eigenvalue weighted by molar-refractivity contribution is 5.76. The first kappa shape index (κ1) is 12.0. The normalized spacial score (nSPS) is 9.83. The SMILES string of the molecule is COc1cc(C=O)ccc1Oc1ccc(N)cc1. The van der Waals surface area contributed by atoms with Gasteiger partial charge in [0, 0.05) is 11.3 Å². The summed E-state index contributed by atoms with van der Waals surface area (Å²) in [6.45, 7) is 0. The lowest BCUT2D eigenvalue weighted by atomic mass is 10.2. The second-order valence-electron chi connectivity index (χ2n) is 3.70. The monoisotopic (exact) mass is 243 g/mol. The Morgan fingerprint density at radius 3 is 2.39 bits per heavy atom. The fourth-order valence-electron chi connectivity index (χ4n) is 1.50. The van der Waals surface area contributed by atoms with E-state index in [0.29, 0.717) is 28.5 Å². The molecule has 0 saturated heterocycles. The highest BCUT2D eigenvalue weighted by atomic mass is 16.5. The molecule has 0 radical (unpaired) electrons. The van der Waals surface area contributed by atoms with Gasteiger partial charge in [-0.3, -0.25) is 4.79 Å². The van der Waals surface area contributed by atoms with Gasteiger partial charge in [-0.1, -0.05) is 0 Å². The Hall–Kier alpha value is -2.49. The van der Waals surface area contributed by atoms with Crippen molar-refractivity contribution in [1.82, 2.24) is 0 Å². The Labute approximate surface area is 105 Å². The second kappa shape index (κ2) is 5.23. The first-order valence-electron chi connectivity index (χ1n) is 5.39. The van der Waals surface area contributed by atoms with Gasteiger partial charge in [-0.15, -0.1) is 0 Å². The predicted octanol–water partition coefficient (Wildman–Crippen LogP) is 2.88. The maximum absolute atomic E-state index is 10.7. The van der Waals surface area contributed by atoms with Gasteiger partial charge in [-0.25, -0.2) is 0 Å². The molecule has 0 fully saturated rings. The summed E-state index contributed by atoms with van der Waals surface area (Å²) >= 11 is 0. The fourth-order valence-corrected chi connectivity index (χ4v) is 1.50. The highest BCUT2D eigenvalue weighted by Crippen LogP contribution is 2.32. The number of methoxy groups -OCH3 is 1. The van der Waals surface area contributed by atoms with Crippen LogP contribution in [0, 0.1) is 0 Å². The van der Waals surface area contributed by atoms with E-state index in [-0.39, 0.29) is 0 Å². The largest absolute Gasteiger partial charge is 0.493 e. The van der Waals surface area contributed by atoms with Crippen molar-refractivity contribution in [3.8, 4) is 17.2 Å². The summed E-state index contributed by atoms with van der Waals surface area (Å²) in [5.41, 5.74) is 6.81. The highest BCUT2D eigenvalue weighted by Gasteiger charge is 2.06. The molecule has 0 amide bonds. The first-order chi connectivity index (χ1) is 8.72. The van der Waals surface area contributed by atoms with E-state index < -0.39 is 0 Å². The van der Waals surface area contributed by atoms with Crippen molar-refractivity contribution in [3.05, 3.63) is 48.0 Å². The number of benzene rings is 2. The van der Waals surface area contributed by atoms with Crippen molar-refractivity contribution < 1.29 is 14.3 Å². The van der Waals surface area contributed by atoms with Gasteiger partial charge in [-0.05, 0) is 42.5 Å². The third kappa shape index (κ3) is 2.60. The Morgan fingerprint density at radius 1 is 1.06 bits per heavy atom. The van der Waals surface area contributed by atoms with Crippen molar-refractivity contribution in [3.63, 3.8) is 0 Å². The van der Waals surface area contributed by atoms with E-state index >= 15 is 0 Å². The number of anilines is 1. The standard InChI is InChI=1S/C14H13NO3/c1-17-14-8-10(9-16)2-7-13(14)18-12-5-3-11(15)4-6-12/h2-9H,15H2,1H3. The van der Waals surface area contributed by atoms with Crippen LogP contribution in [0.15, 0.2) is 42.5 Å². The molecule has 0 saturated carbocycles. The molecular formula is C14H13NO3. The summed E-state index contributed by atoms with van der Waals surface area (Å²) in [5, 5.41) is 0. The molecule has 4 heteroatoms. The van der Waals surface area contributed by atoms with Gasteiger partial charge in [0.25, 0.3) is 0 Å². The minimum absolute atomic E-state index is 0.511. The zero-order valence-corrected chi connectivity index (χ0v) is 9.92. The predicted molar refractivity (Wildman–Crippen MR) is 69.3 cm³/mol. The summed E-state index contributed by atoms with van der Waals surface area (Å²) < 4.78 is 10.8. The van der Waals surface area contributed by atoms with Gasteiger partial charge in [0.1, 0.15) is 12.0 Å². The second-order valence-corrected chi connectivity index (χ2v) is 3.70. The Balaban J connectivity index is 2.28. The first-order valence-corrected chi connectivity index (χ1v) is 5.39. The molecule has 0 atom stereocenters. The molecule has 0 unspecified atom stereocenters. The van der Waals surface area contributed by atoms with Gasteiger partial charge >= 0.3 is 0 Å². The van der Waals surface area contributed by atoms with Crippen LogP contribution < -0.4 is 15.2 Å². The van der Waals surface area contributed by atoms with Crippen molar-refractivity contribution in [2.24, 2.45) is 0 Å². The third-order valence-electron chi connectivity index (χ3n) is 2.43. The molecule has 0 aliphatic heterocycles.